The Morgan fingerprint density at radius 2 is 1.96 bits per heavy atom. The van der Waals surface area contributed by atoms with Gasteiger partial charge in [0.15, 0.2) is 0 Å². The molecule has 0 spiro atoms. The number of benzene rings is 1. The molecular weight excluding hydrogens is 386 g/mol. The molecule has 1 fully saturated rings. The van der Waals surface area contributed by atoms with Crippen molar-refractivity contribution in [2.45, 2.75) is 31.3 Å². The highest BCUT2D eigenvalue weighted by Crippen LogP contribution is 2.45. The maximum atomic E-state index is 12.1. The van der Waals surface area contributed by atoms with Crippen LogP contribution < -0.4 is 5.43 Å². The number of hydrogen-bond acceptors (Lipinski definition) is 4. The SMILES string of the molecule is Cc1cc(/C=N\NC(=O)CC2(C)SCCS2)c(C)n1-c1ccc(Cl)cc1. The quantitative estimate of drug-likeness (QED) is 0.572. The van der Waals surface area contributed by atoms with Crippen LogP contribution in [0.25, 0.3) is 5.69 Å². The van der Waals surface area contributed by atoms with E-state index in [0.29, 0.717) is 11.4 Å². The van der Waals surface area contributed by atoms with Gasteiger partial charge in [0.2, 0.25) is 5.91 Å². The van der Waals surface area contributed by atoms with Crippen LogP contribution in [0, 0.1) is 13.8 Å². The molecule has 1 aliphatic heterocycles. The molecule has 7 heteroatoms. The number of nitrogens with zero attached hydrogens (tertiary/aromatic N) is 2. The summed E-state index contributed by atoms with van der Waals surface area (Å²) in [6.07, 6.45) is 2.19. The van der Waals surface area contributed by atoms with Crippen LogP contribution in [0.1, 0.15) is 30.3 Å². The summed E-state index contributed by atoms with van der Waals surface area (Å²) in [5, 5.41) is 4.88. The molecule has 0 bridgehead atoms. The van der Waals surface area contributed by atoms with Crippen LogP contribution >= 0.6 is 35.1 Å². The zero-order chi connectivity index (χ0) is 18.7. The van der Waals surface area contributed by atoms with Gasteiger partial charge in [0, 0.05) is 39.2 Å². The Balaban J connectivity index is 1.68. The summed E-state index contributed by atoms with van der Waals surface area (Å²) in [7, 11) is 0. The summed E-state index contributed by atoms with van der Waals surface area (Å²) in [4.78, 5) is 12.1. The molecule has 1 aliphatic rings. The van der Waals surface area contributed by atoms with E-state index in [1.54, 1.807) is 6.21 Å². The summed E-state index contributed by atoms with van der Waals surface area (Å²) in [6.45, 7) is 6.21. The van der Waals surface area contributed by atoms with Crippen molar-refractivity contribution in [2.75, 3.05) is 11.5 Å². The molecule has 1 aromatic carbocycles. The van der Waals surface area contributed by atoms with E-state index in [0.717, 1.165) is 34.1 Å². The van der Waals surface area contributed by atoms with E-state index in [1.165, 1.54) is 0 Å². The Morgan fingerprint density at radius 3 is 2.62 bits per heavy atom. The van der Waals surface area contributed by atoms with Crippen LogP contribution in [-0.2, 0) is 4.79 Å². The maximum absolute atomic E-state index is 12.1. The van der Waals surface area contributed by atoms with Gasteiger partial charge < -0.3 is 4.57 Å². The van der Waals surface area contributed by atoms with Crippen molar-refractivity contribution >= 4 is 47.2 Å². The molecule has 2 heterocycles. The van der Waals surface area contributed by atoms with Gasteiger partial charge in [0.05, 0.1) is 16.7 Å². The largest absolute Gasteiger partial charge is 0.318 e. The van der Waals surface area contributed by atoms with Gasteiger partial charge in [0.1, 0.15) is 0 Å². The summed E-state index contributed by atoms with van der Waals surface area (Å²) in [5.41, 5.74) is 6.86. The lowest BCUT2D eigenvalue weighted by Gasteiger charge is -2.19. The normalized spacial score (nSPS) is 16.3. The Kier molecular flexibility index (Phi) is 6.05. The molecule has 26 heavy (non-hydrogen) atoms. The first-order valence-electron chi connectivity index (χ1n) is 8.43. The fourth-order valence-electron chi connectivity index (χ4n) is 3.07. The smallest absolute Gasteiger partial charge is 0.242 e. The fraction of sp³-hybridized carbons (Fsp3) is 0.368. The number of thioether (sulfide) groups is 2. The molecule has 0 aliphatic carbocycles. The highest BCUT2D eigenvalue weighted by atomic mass is 35.5. The lowest BCUT2D eigenvalue weighted by atomic mass is 10.2. The molecule has 1 aromatic heterocycles. The second-order valence-corrected chi connectivity index (χ2v) is 10.3. The molecule has 1 N–H and O–H groups in total. The molecule has 1 amide bonds. The van der Waals surface area contributed by atoms with Crippen molar-refractivity contribution in [3.8, 4) is 5.69 Å². The van der Waals surface area contributed by atoms with Gasteiger partial charge in [-0.3, -0.25) is 4.79 Å². The monoisotopic (exact) mass is 407 g/mol. The van der Waals surface area contributed by atoms with Crippen molar-refractivity contribution in [3.05, 3.63) is 52.3 Å². The number of aromatic nitrogens is 1. The van der Waals surface area contributed by atoms with E-state index < -0.39 is 0 Å². The van der Waals surface area contributed by atoms with Gasteiger partial charge in [-0.1, -0.05) is 11.6 Å². The molecule has 0 saturated carbocycles. The molecule has 2 aromatic rings. The van der Waals surface area contributed by atoms with E-state index >= 15 is 0 Å². The highest BCUT2D eigenvalue weighted by molar-refractivity contribution is 8.21. The average Bonchev–Trinajstić information content (AvgIpc) is 3.12. The Morgan fingerprint density at radius 1 is 1.31 bits per heavy atom. The number of hydrogen-bond donors (Lipinski definition) is 1. The van der Waals surface area contributed by atoms with E-state index in [9.17, 15) is 4.79 Å². The van der Waals surface area contributed by atoms with Crippen LogP contribution in [0.2, 0.25) is 5.02 Å². The third kappa shape index (κ3) is 4.48. The number of aryl methyl sites for hydroxylation is 1. The standard InChI is InChI=1S/C19H22ClN3OS2/c1-13-10-15(14(2)23(13)17-6-4-16(20)5-7-17)12-21-22-18(24)11-19(3)25-8-9-26-19/h4-7,10,12H,8-9,11H2,1-3H3,(H,22,24)/b21-12-. The van der Waals surface area contributed by atoms with E-state index in [1.807, 2.05) is 61.6 Å². The van der Waals surface area contributed by atoms with Crippen molar-refractivity contribution in [3.63, 3.8) is 0 Å². The van der Waals surface area contributed by atoms with Gasteiger partial charge in [-0.15, -0.1) is 23.5 Å². The Labute approximate surface area is 167 Å². The lowest BCUT2D eigenvalue weighted by Crippen LogP contribution is -2.26. The zero-order valence-corrected chi connectivity index (χ0v) is 17.5. The van der Waals surface area contributed by atoms with Gasteiger partial charge in [-0.2, -0.15) is 5.10 Å². The predicted molar refractivity (Wildman–Crippen MR) is 114 cm³/mol. The number of carbonyl (C=O) groups is 1. The molecular formula is C19H22ClN3OS2. The van der Waals surface area contributed by atoms with Crippen molar-refractivity contribution < 1.29 is 4.79 Å². The Bertz CT molecular complexity index is 824. The third-order valence-electron chi connectivity index (χ3n) is 4.33. The number of carbonyl (C=O) groups excluding carboxylic acids is 1. The highest BCUT2D eigenvalue weighted by Gasteiger charge is 2.32. The second-order valence-electron chi connectivity index (χ2n) is 6.44. The molecule has 0 unspecified atom stereocenters. The minimum absolute atomic E-state index is 0.0238. The number of hydrazone groups is 1. The maximum Gasteiger partial charge on any atom is 0.242 e. The summed E-state index contributed by atoms with van der Waals surface area (Å²) < 4.78 is 2.12. The van der Waals surface area contributed by atoms with Gasteiger partial charge in [-0.25, -0.2) is 5.43 Å². The minimum Gasteiger partial charge on any atom is -0.318 e. The average molecular weight is 408 g/mol. The first kappa shape index (κ1) is 19.4. The van der Waals surface area contributed by atoms with Gasteiger partial charge in [0.25, 0.3) is 0 Å². The Hall–Kier alpha value is -1.37. The van der Waals surface area contributed by atoms with E-state index in [-0.39, 0.29) is 9.99 Å². The molecule has 0 radical (unpaired) electrons. The number of amides is 1. The van der Waals surface area contributed by atoms with Crippen molar-refractivity contribution in [1.29, 1.82) is 0 Å². The first-order chi connectivity index (χ1) is 12.4. The van der Waals surface area contributed by atoms with Gasteiger partial charge >= 0.3 is 0 Å². The topological polar surface area (TPSA) is 46.4 Å². The number of halogens is 1. The summed E-state index contributed by atoms with van der Waals surface area (Å²) >= 11 is 9.67. The second kappa shape index (κ2) is 8.11. The predicted octanol–water partition coefficient (Wildman–Crippen LogP) is 4.78. The van der Waals surface area contributed by atoms with Crippen molar-refractivity contribution in [2.24, 2.45) is 5.10 Å². The molecule has 1 saturated heterocycles. The molecule has 138 valence electrons. The van der Waals surface area contributed by atoms with Crippen LogP contribution in [0.5, 0.6) is 0 Å². The summed E-state index contributed by atoms with van der Waals surface area (Å²) in [5.74, 6) is 2.17. The summed E-state index contributed by atoms with van der Waals surface area (Å²) in [6, 6.07) is 9.79. The van der Waals surface area contributed by atoms with Crippen LogP contribution in [0.4, 0.5) is 0 Å². The fourth-order valence-corrected chi connectivity index (χ4v) is 6.03. The minimum atomic E-state index is -0.0443. The van der Waals surface area contributed by atoms with E-state index in [4.69, 9.17) is 11.6 Å². The van der Waals surface area contributed by atoms with Crippen LogP contribution in [0.15, 0.2) is 35.4 Å². The zero-order valence-electron chi connectivity index (χ0n) is 15.1. The van der Waals surface area contributed by atoms with E-state index in [2.05, 4.69) is 28.1 Å². The first-order valence-corrected chi connectivity index (χ1v) is 10.8. The third-order valence-corrected chi connectivity index (χ3v) is 7.87. The number of nitrogens with one attached hydrogen (secondary N) is 1. The van der Waals surface area contributed by atoms with Gasteiger partial charge in [-0.05, 0) is 51.1 Å². The number of rotatable bonds is 5. The molecule has 3 rings (SSSR count). The lowest BCUT2D eigenvalue weighted by molar-refractivity contribution is -0.121. The molecule has 0 atom stereocenters. The van der Waals surface area contributed by atoms with Crippen molar-refractivity contribution in [1.82, 2.24) is 9.99 Å². The van der Waals surface area contributed by atoms with Crippen LogP contribution in [0.3, 0.4) is 0 Å². The molecule has 4 nitrogen and oxygen atoms in total. The van der Waals surface area contributed by atoms with Crippen LogP contribution in [-0.4, -0.2) is 32.3 Å².